The van der Waals surface area contributed by atoms with Crippen LogP contribution in [0.4, 0.5) is 5.69 Å². The van der Waals surface area contributed by atoms with Gasteiger partial charge in [0.2, 0.25) is 0 Å². The van der Waals surface area contributed by atoms with Gasteiger partial charge in [0.15, 0.2) is 5.65 Å². The average Bonchev–Trinajstić information content (AvgIpc) is 3.27. The van der Waals surface area contributed by atoms with E-state index in [1.54, 1.807) is 12.4 Å². The number of hydrogen-bond acceptors (Lipinski definition) is 6. The number of fused-ring (bicyclic) bond motifs is 1. The quantitative estimate of drug-likeness (QED) is 0.355. The highest BCUT2D eigenvalue weighted by atomic mass is 16.4. The summed E-state index contributed by atoms with van der Waals surface area (Å²) in [6.07, 6.45) is 7.39. The molecule has 174 valence electrons. The highest BCUT2D eigenvalue weighted by Crippen LogP contribution is 2.30. The van der Waals surface area contributed by atoms with E-state index in [0.717, 1.165) is 65.7 Å². The van der Waals surface area contributed by atoms with Crippen LogP contribution in [0.5, 0.6) is 0 Å². The summed E-state index contributed by atoms with van der Waals surface area (Å²) in [7, 11) is 0. The number of rotatable bonds is 7. The van der Waals surface area contributed by atoms with Crippen molar-refractivity contribution in [1.82, 2.24) is 20.1 Å². The lowest BCUT2D eigenvalue weighted by molar-refractivity contribution is 0.0936. The number of pyridine rings is 1. The molecule has 1 unspecified atom stereocenters. The van der Waals surface area contributed by atoms with Gasteiger partial charge in [0.1, 0.15) is 0 Å². The second-order valence-electron chi connectivity index (χ2n) is 8.62. The van der Waals surface area contributed by atoms with Gasteiger partial charge in [0.25, 0.3) is 5.91 Å². The van der Waals surface area contributed by atoms with Gasteiger partial charge in [0, 0.05) is 18.8 Å². The molecule has 0 saturated heterocycles. The normalized spacial score (nSPS) is 17.1. The predicted octanol–water partition coefficient (Wildman–Crippen LogP) is 4.83. The van der Waals surface area contributed by atoms with Crippen molar-refractivity contribution in [2.45, 2.75) is 71.5 Å². The van der Waals surface area contributed by atoms with Crippen LogP contribution in [0.15, 0.2) is 41.8 Å². The Balaban J connectivity index is 1.66. The van der Waals surface area contributed by atoms with E-state index in [1.165, 1.54) is 0 Å². The van der Waals surface area contributed by atoms with Gasteiger partial charge in [-0.15, -0.1) is 0 Å². The number of benzene rings is 1. The predicted molar refractivity (Wildman–Crippen MR) is 130 cm³/mol. The van der Waals surface area contributed by atoms with Gasteiger partial charge in [-0.05, 0) is 57.1 Å². The minimum absolute atomic E-state index is 0.0846. The van der Waals surface area contributed by atoms with Gasteiger partial charge < -0.3 is 15.8 Å². The van der Waals surface area contributed by atoms with Gasteiger partial charge in [-0.25, -0.2) is 9.67 Å². The van der Waals surface area contributed by atoms with Crippen molar-refractivity contribution in [3.63, 3.8) is 0 Å². The van der Waals surface area contributed by atoms with Crippen molar-refractivity contribution >= 4 is 28.3 Å². The van der Waals surface area contributed by atoms with Gasteiger partial charge in [-0.1, -0.05) is 36.3 Å². The fourth-order valence-corrected chi connectivity index (χ4v) is 4.60. The van der Waals surface area contributed by atoms with Gasteiger partial charge in [0.05, 0.1) is 34.6 Å². The van der Waals surface area contributed by atoms with E-state index in [9.17, 15) is 4.79 Å². The van der Waals surface area contributed by atoms with Crippen LogP contribution in [0, 0.1) is 6.92 Å². The summed E-state index contributed by atoms with van der Waals surface area (Å²) >= 11 is 0. The zero-order valence-corrected chi connectivity index (χ0v) is 19.5. The molecule has 1 saturated carbocycles. The number of amides is 1. The SMILES string of the molecule is CCC(NC(=O)c1cnc2c(cnn2CC)c1NC1CCC(=NO)CC1)c1ccccc1C. The number of anilines is 1. The Bertz CT molecular complexity index is 1160. The second kappa shape index (κ2) is 10.0. The van der Waals surface area contributed by atoms with Crippen LogP contribution >= 0.6 is 0 Å². The van der Waals surface area contributed by atoms with Gasteiger partial charge in [-0.2, -0.15) is 5.10 Å². The Morgan fingerprint density at radius 2 is 2.00 bits per heavy atom. The molecule has 1 aliphatic rings. The van der Waals surface area contributed by atoms with E-state index in [1.807, 2.05) is 23.7 Å². The lowest BCUT2D eigenvalue weighted by Crippen LogP contribution is -2.31. The molecular formula is C25H32N6O2. The van der Waals surface area contributed by atoms with Crippen molar-refractivity contribution in [3.05, 3.63) is 53.3 Å². The summed E-state index contributed by atoms with van der Waals surface area (Å²) in [4.78, 5) is 18.1. The van der Waals surface area contributed by atoms with Crippen LogP contribution in [-0.4, -0.2) is 37.6 Å². The first kappa shape index (κ1) is 22.8. The molecule has 1 aliphatic carbocycles. The van der Waals surface area contributed by atoms with Crippen LogP contribution in [0.1, 0.15) is 73.5 Å². The van der Waals surface area contributed by atoms with E-state index in [2.05, 4.69) is 51.9 Å². The molecule has 1 atom stereocenters. The summed E-state index contributed by atoms with van der Waals surface area (Å²) in [6.45, 7) is 6.86. The molecule has 1 amide bonds. The molecule has 0 aliphatic heterocycles. The van der Waals surface area contributed by atoms with Crippen LogP contribution in [0.3, 0.4) is 0 Å². The highest BCUT2D eigenvalue weighted by Gasteiger charge is 2.25. The summed E-state index contributed by atoms with van der Waals surface area (Å²) in [5, 5.41) is 24.6. The fraction of sp³-hybridized carbons (Fsp3) is 0.440. The van der Waals surface area contributed by atoms with Crippen molar-refractivity contribution in [1.29, 1.82) is 0 Å². The summed E-state index contributed by atoms with van der Waals surface area (Å²) < 4.78 is 1.84. The Kier molecular flexibility index (Phi) is 6.91. The third-order valence-corrected chi connectivity index (χ3v) is 6.54. The monoisotopic (exact) mass is 448 g/mol. The average molecular weight is 449 g/mol. The maximum absolute atomic E-state index is 13.5. The lowest BCUT2D eigenvalue weighted by atomic mass is 9.93. The van der Waals surface area contributed by atoms with E-state index >= 15 is 0 Å². The Labute approximate surface area is 194 Å². The van der Waals surface area contributed by atoms with Crippen LogP contribution < -0.4 is 10.6 Å². The van der Waals surface area contributed by atoms with Crippen LogP contribution in [0.2, 0.25) is 0 Å². The summed E-state index contributed by atoms with van der Waals surface area (Å²) in [6, 6.07) is 8.24. The maximum atomic E-state index is 13.5. The molecule has 1 aromatic carbocycles. The minimum Gasteiger partial charge on any atom is -0.411 e. The van der Waals surface area contributed by atoms with Crippen molar-refractivity contribution in [2.75, 3.05) is 5.32 Å². The molecule has 1 fully saturated rings. The highest BCUT2D eigenvalue weighted by molar-refractivity contribution is 6.06. The first-order valence-electron chi connectivity index (χ1n) is 11.7. The number of hydrogen-bond donors (Lipinski definition) is 3. The standard InChI is InChI=1S/C25H32N6O2/c1-4-22(19-9-7-6-8-16(19)3)29-25(32)21-14-26-24-20(15-27-31(24)5-2)23(21)28-17-10-12-18(30-33)13-11-17/h6-9,14-15,17,22,33H,4-5,10-13H2,1-3H3,(H,26,28)(H,29,32). The Morgan fingerprint density at radius 3 is 2.67 bits per heavy atom. The first-order chi connectivity index (χ1) is 16.0. The lowest BCUT2D eigenvalue weighted by Gasteiger charge is -2.26. The molecule has 4 rings (SSSR count). The second-order valence-corrected chi connectivity index (χ2v) is 8.62. The summed E-state index contributed by atoms with van der Waals surface area (Å²) in [5.41, 5.74) is 5.16. The molecule has 2 heterocycles. The number of carbonyl (C=O) groups excluding carboxylic acids is 1. The van der Waals surface area contributed by atoms with Crippen molar-refractivity contribution < 1.29 is 10.0 Å². The number of carbonyl (C=O) groups is 1. The number of aromatic nitrogens is 3. The molecule has 8 heteroatoms. The van der Waals surface area contributed by atoms with E-state index in [4.69, 9.17) is 5.21 Å². The first-order valence-corrected chi connectivity index (χ1v) is 11.7. The van der Waals surface area contributed by atoms with Gasteiger partial charge >= 0.3 is 0 Å². The molecule has 0 bridgehead atoms. The molecule has 33 heavy (non-hydrogen) atoms. The molecule has 0 spiro atoms. The van der Waals surface area contributed by atoms with Crippen molar-refractivity contribution in [2.24, 2.45) is 5.16 Å². The van der Waals surface area contributed by atoms with E-state index in [0.29, 0.717) is 12.1 Å². The number of nitrogens with one attached hydrogen (secondary N) is 2. The molecular weight excluding hydrogens is 416 g/mol. The smallest absolute Gasteiger partial charge is 0.255 e. The Hall–Kier alpha value is -3.42. The van der Waals surface area contributed by atoms with Gasteiger partial charge in [-0.3, -0.25) is 4.79 Å². The molecule has 2 aromatic heterocycles. The maximum Gasteiger partial charge on any atom is 0.255 e. The van der Waals surface area contributed by atoms with E-state index in [-0.39, 0.29) is 18.0 Å². The van der Waals surface area contributed by atoms with Crippen LogP contribution in [-0.2, 0) is 6.54 Å². The summed E-state index contributed by atoms with van der Waals surface area (Å²) in [5.74, 6) is -0.153. The molecule has 3 N–H and O–H groups in total. The number of aryl methyl sites for hydroxylation is 2. The zero-order chi connectivity index (χ0) is 23.4. The van der Waals surface area contributed by atoms with E-state index < -0.39 is 0 Å². The minimum atomic E-state index is -0.153. The third kappa shape index (κ3) is 4.69. The number of oxime groups is 1. The Morgan fingerprint density at radius 1 is 1.24 bits per heavy atom. The molecule has 0 radical (unpaired) electrons. The molecule has 3 aromatic rings. The number of nitrogens with zero attached hydrogens (tertiary/aromatic N) is 4. The largest absolute Gasteiger partial charge is 0.411 e. The fourth-order valence-electron chi connectivity index (χ4n) is 4.60. The van der Waals surface area contributed by atoms with Crippen LogP contribution in [0.25, 0.3) is 11.0 Å². The van der Waals surface area contributed by atoms with Crippen molar-refractivity contribution in [3.8, 4) is 0 Å². The molecule has 8 nitrogen and oxygen atoms in total. The zero-order valence-electron chi connectivity index (χ0n) is 19.5. The third-order valence-electron chi connectivity index (χ3n) is 6.54. The topological polar surface area (TPSA) is 104 Å².